The molecule has 4 rings (SSSR count). The van der Waals surface area contributed by atoms with Gasteiger partial charge in [0.1, 0.15) is 11.6 Å². The first-order valence-electron chi connectivity index (χ1n) is 7.64. The summed E-state index contributed by atoms with van der Waals surface area (Å²) in [7, 11) is 0. The van der Waals surface area contributed by atoms with Crippen LogP contribution in [0.25, 0.3) is 0 Å². The molecule has 1 aromatic carbocycles. The highest BCUT2D eigenvalue weighted by Crippen LogP contribution is 2.43. The zero-order chi connectivity index (χ0) is 14.4. The van der Waals surface area contributed by atoms with Crippen molar-refractivity contribution in [1.29, 1.82) is 0 Å². The Hall–Kier alpha value is -1.17. The normalized spacial score (nSPS) is 21.1. The van der Waals surface area contributed by atoms with Crippen LogP contribution in [0.5, 0.6) is 0 Å². The maximum Gasteiger partial charge on any atom is 0.140 e. The van der Waals surface area contributed by atoms with Crippen molar-refractivity contribution in [2.24, 2.45) is 0 Å². The van der Waals surface area contributed by atoms with Gasteiger partial charge in [-0.05, 0) is 65.8 Å². The predicted molar refractivity (Wildman–Crippen MR) is 92.4 cm³/mol. The topological polar surface area (TPSA) is 51.8 Å². The van der Waals surface area contributed by atoms with Crippen molar-refractivity contribution < 1.29 is 0 Å². The van der Waals surface area contributed by atoms with Gasteiger partial charge in [-0.3, -0.25) is 0 Å². The van der Waals surface area contributed by atoms with E-state index in [1.165, 1.54) is 42.5 Å². The highest BCUT2D eigenvalue weighted by molar-refractivity contribution is 14.1. The van der Waals surface area contributed by atoms with Crippen molar-refractivity contribution in [3.05, 3.63) is 50.5 Å². The lowest BCUT2D eigenvalue weighted by Gasteiger charge is -2.25. The van der Waals surface area contributed by atoms with E-state index in [1.807, 2.05) is 0 Å². The lowest BCUT2D eigenvalue weighted by molar-refractivity contribution is 0.587. The minimum absolute atomic E-state index is 0.312. The molecule has 0 aliphatic heterocycles. The van der Waals surface area contributed by atoms with Crippen LogP contribution in [0.4, 0.5) is 5.82 Å². The van der Waals surface area contributed by atoms with Gasteiger partial charge in [0.05, 0.1) is 9.26 Å². The Morgan fingerprint density at radius 3 is 2.71 bits per heavy atom. The SMILES string of the molecule is Nc1nc(C2CCCc3ccccc32)nc(C2CC2)c1I. The zero-order valence-corrected chi connectivity index (χ0v) is 14.0. The number of aryl methyl sites for hydroxylation is 1. The number of hydrogen-bond acceptors (Lipinski definition) is 3. The summed E-state index contributed by atoms with van der Waals surface area (Å²) in [5, 5.41) is 0. The van der Waals surface area contributed by atoms with Crippen LogP contribution in [0.15, 0.2) is 24.3 Å². The Bertz CT molecular complexity index is 694. The third-order valence-corrected chi connectivity index (χ3v) is 5.67. The first kappa shape index (κ1) is 13.5. The second-order valence-electron chi connectivity index (χ2n) is 6.08. The number of hydrogen-bond donors (Lipinski definition) is 1. The van der Waals surface area contributed by atoms with E-state index >= 15 is 0 Å². The Balaban J connectivity index is 1.81. The summed E-state index contributed by atoms with van der Waals surface area (Å²) >= 11 is 2.30. The number of aromatic nitrogens is 2. The smallest absolute Gasteiger partial charge is 0.140 e. The van der Waals surface area contributed by atoms with Gasteiger partial charge in [-0.25, -0.2) is 9.97 Å². The van der Waals surface area contributed by atoms with Gasteiger partial charge in [0.25, 0.3) is 0 Å². The minimum atomic E-state index is 0.312. The standard InChI is InChI=1S/C17H18IN3/c18-14-15(11-8-9-11)20-17(21-16(14)19)13-7-3-5-10-4-1-2-6-12(10)13/h1-2,4,6,11,13H,3,5,7-9H2,(H2,19,20,21). The van der Waals surface area contributed by atoms with Crippen LogP contribution in [0.3, 0.4) is 0 Å². The van der Waals surface area contributed by atoms with E-state index in [9.17, 15) is 0 Å². The van der Waals surface area contributed by atoms with Gasteiger partial charge in [-0.15, -0.1) is 0 Å². The summed E-state index contributed by atoms with van der Waals surface area (Å²) in [5.74, 6) is 2.51. The van der Waals surface area contributed by atoms with Crippen LogP contribution in [0, 0.1) is 3.57 Å². The van der Waals surface area contributed by atoms with Gasteiger partial charge in [-0.2, -0.15) is 0 Å². The Labute approximate surface area is 138 Å². The molecule has 1 aromatic heterocycles. The van der Waals surface area contributed by atoms with E-state index in [0.717, 1.165) is 15.8 Å². The predicted octanol–water partition coefficient (Wildman–Crippen LogP) is 4.01. The number of halogens is 1. The summed E-state index contributed by atoms with van der Waals surface area (Å²) in [4.78, 5) is 9.54. The number of anilines is 1. The molecule has 2 aromatic rings. The fourth-order valence-electron chi connectivity index (χ4n) is 3.31. The third kappa shape index (κ3) is 2.43. The van der Waals surface area contributed by atoms with Crippen LogP contribution in [-0.4, -0.2) is 9.97 Å². The Morgan fingerprint density at radius 2 is 1.90 bits per heavy atom. The molecule has 1 atom stereocenters. The van der Waals surface area contributed by atoms with Crippen LogP contribution in [0.1, 0.15) is 60.2 Å². The van der Waals surface area contributed by atoms with Gasteiger partial charge >= 0.3 is 0 Å². The molecule has 0 spiro atoms. The van der Waals surface area contributed by atoms with Crippen molar-refractivity contribution in [2.45, 2.75) is 43.9 Å². The van der Waals surface area contributed by atoms with Crippen LogP contribution < -0.4 is 5.73 Å². The van der Waals surface area contributed by atoms with Gasteiger partial charge in [-0.1, -0.05) is 24.3 Å². The monoisotopic (exact) mass is 391 g/mol. The lowest BCUT2D eigenvalue weighted by Crippen LogP contribution is -2.16. The van der Waals surface area contributed by atoms with Crippen molar-refractivity contribution in [1.82, 2.24) is 9.97 Å². The molecule has 108 valence electrons. The Kier molecular flexibility index (Phi) is 3.36. The van der Waals surface area contributed by atoms with Crippen molar-refractivity contribution in [3.63, 3.8) is 0 Å². The number of rotatable bonds is 2. The summed E-state index contributed by atoms with van der Waals surface area (Å²) in [6.07, 6.45) is 5.99. The first-order valence-corrected chi connectivity index (χ1v) is 8.72. The average Bonchev–Trinajstić information content (AvgIpc) is 3.34. The first-order chi connectivity index (χ1) is 10.2. The fraction of sp³-hybridized carbons (Fsp3) is 0.412. The van der Waals surface area contributed by atoms with Crippen molar-refractivity contribution in [2.75, 3.05) is 5.73 Å². The van der Waals surface area contributed by atoms with Gasteiger partial charge in [0, 0.05) is 11.8 Å². The van der Waals surface area contributed by atoms with E-state index in [4.69, 9.17) is 10.7 Å². The lowest BCUT2D eigenvalue weighted by atomic mass is 9.82. The molecule has 0 radical (unpaired) electrons. The highest BCUT2D eigenvalue weighted by atomic mass is 127. The number of nitrogen functional groups attached to an aromatic ring is 1. The molecule has 2 aliphatic carbocycles. The van der Waals surface area contributed by atoms with Crippen molar-refractivity contribution >= 4 is 28.4 Å². The molecule has 0 saturated heterocycles. The van der Waals surface area contributed by atoms with Crippen LogP contribution >= 0.6 is 22.6 Å². The molecule has 2 aliphatic rings. The molecule has 0 amide bonds. The molecular weight excluding hydrogens is 373 g/mol. The van der Waals surface area contributed by atoms with Crippen molar-refractivity contribution in [3.8, 4) is 0 Å². The van der Waals surface area contributed by atoms with E-state index in [1.54, 1.807) is 0 Å². The summed E-state index contributed by atoms with van der Waals surface area (Å²) < 4.78 is 1.06. The molecule has 4 heteroatoms. The summed E-state index contributed by atoms with van der Waals surface area (Å²) in [6.45, 7) is 0. The maximum atomic E-state index is 6.16. The summed E-state index contributed by atoms with van der Waals surface area (Å²) in [6, 6.07) is 8.71. The van der Waals surface area contributed by atoms with Gasteiger partial charge in [0.2, 0.25) is 0 Å². The quantitative estimate of drug-likeness (QED) is 0.788. The average molecular weight is 391 g/mol. The van der Waals surface area contributed by atoms with Gasteiger partial charge < -0.3 is 5.73 Å². The Morgan fingerprint density at radius 1 is 1.10 bits per heavy atom. The second-order valence-corrected chi connectivity index (χ2v) is 7.16. The number of benzene rings is 1. The molecule has 1 fully saturated rings. The fourth-order valence-corrected chi connectivity index (χ4v) is 3.99. The maximum absolute atomic E-state index is 6.16. The van der Waals surface area contributed by atoms with E-state index in [2.05, 4.69) is 51.8 Å². The zero-order valence-electron chi connectivity index (χ0n) is 11.8. The van der Waals surface area contributed by atoms with E-state index in [-0.39, 0.29) is 0 Å². The summed E-state index contributed by atoms with van der Waals surface area (Å²) in [5.41, 5.74) is 10.2. The molecule has 1 unspecified atom stereocenters. The van der Waals surface area contributed by atoms with Crippen LogP contribution in [-0.2, 0) is 6.42 Å². The molecule has 1 heterocycles. The molecule has 1 saturated carbocycles. The number of fused-ring (bicyclic) bond motifs is 1. The molecule has 2 N–H and O–H groups in total. The van der Waals surface area contributed by atoms with Gasteiger partial charge in [0.15, 0.2) is 0 Å². The van der Waals surface area contributed by atoms with E-state index in [0.29, 0.717) is 17.7 Å². The molecule has 3 nitrogen and oxygen atoms in total. The van der Waals surface area contributed by atoms with E-state index < -0.39 is 0 Å². The highest BCUT2D eigenvalue weighted by Gasteiger charge is 2.31. The third-order valence-electron chi connectivity index (χ3n) is 4.56. The second kappa shape index (κ2) is 5.23. The number of nitrogens with zero attached hydrogens (tertiary/aromatic N) is 2. The molecule has 0 bridgehead atoms. The largest absolute Gasteiger partial charge is 0.383 e. The minimum Gasteiger partial charge on any atom is -0.383 e. The van der Waals surface area contributed by atoms with Crippen LogP contribution in [0.2, 0.25) is 0 Å². The molecular formula is C17H18IN3. The number of nitrogens with two attached hydrogens (primary N) is 1. The molecule has 21 heavy (non-hydrogen) atoms.